The number of aryl methyl sites for hydroxylation is 2. The molecular weight excluding hydrogens is 512 g/mol. The fraction of sp³-hybridized carbons (Fsp3) is 0.148. The minimum Gasteiger partial charge on any atom is -0.458 e. The summed E-state index contributed by atoms with van der Waals surface area (Å²) in [6, 6.07) is 12.9. The standard InChI is InChI=1S/C27H23ClN4O4S/c1-14-25(15(2)36-32-14)26(34)22-6-5-21(37-22)17-9-18-10-19(35-27(18)20(28)11-17)13-31-24(33)8-4-16-3-7-23(29)30-12-16/h3-12,26,34H,13H2,1-2H3,(H2,29,30)(H,31,33)/b8-4+. The van der Waals surface area contributed by atoms with E-state index in [2.05, 4.69) is 15.5 Å². The van der Waals surface area contributed by atoms with Crippen LogP contribution in [0.2, 0.25) is 5.02 Å². The number of amides is 1. The fourth-order valence-corrected chi connectivity index (χ4v) is 5.25. The van der Waals surface area contributed by atoms with E-state index in [0.29, 0.717) is 39.2 Å². The lowest BCUT2D eigenvalue weighted by Gasteiger charge is -2.07. The number of pyridine rings is 1. The van der Waals surface area contributed by atoms with Crippen molar-refractivity contribution in [2.24, 2.45) is 0 Å². The van der Waals surface area contributed by atoms with Crippen LogP contribution in [0.15, 0.2) is 63.7 Å². The molecule has 1 unspecified atom stereocenters. The number of rotatable bonds is 7. The molecule has 1 amide bonds. The zero-order valence-electron chi connectivity index (χ0n) is 20.0. The van der Waals surface area contributed by atoms with Gasteiger partial charge in [-0.3, -0.25) is 4.79 Å². The molecule has 0 fully saturated rings. The number of halogens is 1. The predicted molar refractivity (Wildman–Crippen MR) is 144 cm³/mol. The number of aromatic nitrogens is 2. The van der Waals surface area contributed by atoms with Gasteiger partial charge in [-0.1, -0.05) is 16.8 Å². The summed E-state index contributed by atoms with van der Waals surface area (Å²) < 4.78 is 11.1. The Morgan fingerprint density at radius 3 is 2.81 bits per heavy atom. The van der Waals surface area contributed by atoms with Crippen LogP contribution in [0.3, 0.4) is 0 Å². The first-order valence-electron chi connectivity index (χ1n) is 11.4. The van der Waals surface area contributed by atoms with Gasteiger partial charge < -0.3 is 25.1 Å². The molecule has 1 atom stereocenters. The van der Waals surface area contributed by atoms with Gasteiger partial charge in [-0.05, 0) is 73.5 Å². The van der Waals surface area contributed by atoms with Crippen molar-refractivity contribution in [3.63, 3.8) is 0 Å². The number of thiophene rings is 1. The van der Waals surface area contributed by atoms with Crippen molar-refractivity contribution in [1.29, 1.82) is 0 Å². The normalized spacial score (nSPS) is 12.4. The van der Waals surface area contributed by atoms with Crippen LogP contribution in [0.25, 0.3) is 27.5 Å². The lowest BCUT2D eigenvalue weighted by atomic mass is 10.1. The monoisotopic (exact) mass is 534 g/mol. The summed E-state index contributed by atoms with van der Waals surface area (Å²) in [6.45, 7) is 3.80. The van der Waals surface area contributed by atoms with E-state index in [9.17, 15) is 9.90 Å². The van der Waals surface area contributed by atoms with Crippen LogP contribution in [-0.4, -0.2) is 21.2 Å². The highest BCUT2D eigenvalue weighted by Crippen LogP contribution is 2.39. The maximum absolute atomic E-state index is 12.2. The number of aliphatic hydroxyl groups excluding tert-OH is 1. The Bertz CT molecular complexity index is 1600. The van der Waals surface area contributed by atoms with Gasteiger partial charge in [-0.25, -0.2) is 4.98 Å². The van der Waals surface area contributed by atoms with Gasteiger partial charge in [0.05, 0.1) is 22.8 Å². The number of carbonyl (C=O) groups is 1. The van der Waals surface area contributed by atoms with E-state index < -0.39 is 6.10 Å². The summed E-state index contributed by atoms with van der Waals surface area (Å²) in [5.41, 5.74) is 9.14. The van der Waals surface area contributed by atoms with Crippen LogP contribution >= 0.6 is 22.9 Å². The molecule has 0 bridgehead atoms. The molecule has 0 aliphatic rings. The Balaban J connectivity index is 1.30. The molecular formula is C27H23ClN4O4S. The maximum Gasteiger partial charge on any atom is 0.244 e. The first-order valence-corrected chi connectivity index (χ1v) is 12.6. The molecule has 0 aliphatic carbocycles. The second-order valence-corrected chi connectivity index (χ2v) is 10.0. The summed E-state index contributed by atoms with van der Waals surface area (Å²) in [5.74, 6) is 1.32. The second-order valence-electron chi connectivity index (χ2n) is 8.50. The van der Waals surface area contributed by atoms with Crippen LogP contribution in [0.1, 0.15) is 39.3 Å². The average molecular weight is 535 g/mol. The zero-order valence-corrected chi connectivity index (χ0v) is 21.6. The van der Waals surface area contributed by atoms with Gasteiger partial charge in [-0.2, -0.15) is 0 Å². The van der Waals surface area contributed by atoms with Gasteiger partial charge in [-0.15, -0.1) is 11.3 Å². The van der Waals surface area contributed by atoms with Crippen molar-refractivity contribution >= 4 is 51.7 Å². The number of furan rings is 1. The van der Waals surface area contributed by atoms with E-state index in [4.69, 9.17) is 26.3 Å². The molecule has 4 aromatic heterocycles. The third-order valence-electron chi connectivity index (χ3n) is 5.84. The number of aliphatic hydroxyl groups is 1. The molecule has 5 rings (SSSR count). The van der Waals surface area contributed by atoms with Gasteiger partial charge in [0.2, 0.25) is 5.91 Å². The largest absolute Gasteiger partial charge is 0.458 e. The fourth-order valence-electron chi connectivity index (χ4n) is 3.99. The molecule has 10 heteroatoms. The average Bonchev–Trinajstić information content (AvgIpc) is 3.61. The molecule has 0 saturated carbocycles. The van der Waals surface area contributed by atoms with Crippen molar-refractivity contribution in [2.45, 2.75) is 26.5 Å². The number of hydrogen-bond acceptors (Lipinski definition) is 8. The summed E-state index contributed by atoms with van der Waals surface area (Å²) >= 11 is 8.00. The van der Waals surface area contributed by atoms with Crippen LogP contribution < -0.4 is 11.1 Å². The Morgan fingerprint density at radius 2 is 2.08 bits per heavy atom. The molecule has 0 saturated heterocycles. The first kappa shape index (κ1) is 24.8. The molecule has 0 aliphatic heterocycles. The van der Waals surface area contributed by atoms with Gasteiger partial charge in [0.1, 0.15) is 23.4 Å². The Morgan fingerprint density at radius 1 is 1.24 bits per heavy atom. The van der Waals surface area contributed by atoms with Crippen molar-refractivity contribution in [3.8, 4) is 10.4 Å². The van der Waals surface area contributed by atoms with E-state index >= 15 is 0 Å². The number of benzene rings is 1. The number of nitrogens with one attached hydrogen (secondary N) is 1. The van der Waals surface area contributed by atoms with Crippen LogP contribution in [0.4, 0.5) is 5.82 Å². The number of carbonyl (C=O) groups excluding carboxylic acids is 1. The molecule has 5 aromatic rings. The van der Waals surface area contributed by atoms with Crippen LogP contribution in [-0.2, 0) is 11.3 Å². The highest BCUT2D eigenvalue weighted by atomic mass is 35.5. The van der Waals surface area contributed by atoms with E-state index in [1.54, 1.807) is 31.3 Å². The van der Waals surface area contributed by atoms with E-state index in [1.165, 1.54) is 17.4 Å². The van der Waals surface area contributed by atoms with Gasteiger partial charge in [0.15, 0.2) is 5.58 Å². The lowest BCUT2D eigenvalue weighted by molar-refractivity contribution is -0.116. The van der Waals surface area contributed by atoms with Crippen molar-refractivity contribution in [3.05, 3.63) is 93.0 Å². The topological polar surface area (TPSA) is 127 Å². The smallest absolute Gasteiger partial charge is 0.244 e. The van der Waals surface area contributed by atoms with Crippen molar-refractivity contribution in [1.82, 2.24) is 15.5 Å². The van der Waals surface area contributed by atoms with Crippen LogP contribution in [0.5, 0.6) is 0 Å². The quantitative estimate of drug-likeness (QED) is 0.225. The Kier molecular flexibility index (Phi) is 6.84. The van der Waals surface area contributed by atoms with Crippen molar-refractivity contribution in [2.75, 3.05) is 5.73 Å². The predicted octanol–water partition coefficient (Wildman–Crippen LogP) is 5.81. The third kappa shape index (κ3) is 5.29. The molecule has 0 radical (unpaired) electrons. The van der Waals surface area contributed by atoms with E-state index in [-0.39, 0.29) is 12.5 Å². The number of nitrogen functional groups attached to an aromatic ring is 1. The van der Waals surface area contributed by atoms with Crippen molar-refractivity contribution < 1.29 is 18.8 Å². The van der Waals surface area contributed by atoms with Crippen LogP contribution in [0, 0.1) is 13.8 Å². The molecule has 1 aromatic carbocycles. The number of anilines is 1. The first-order chi connectivity index (χ1) is 17.8. The summed E-state index contributed by atoms with van der Waals surface area (Å²) in [7, 11) is 0. The highest BCUT2D eigenvalue weighted by Gasteiger charge is 2.22. The number of fused-ring (bicyclic) bond motifs is 1. The molecule has 0 spiro atoms. The third-order valence-corrected chi connectivity index (χ3v) is 7.31. The lowest BCUT2D eigenvalue weighted by Crippen LogP contribution is -2.19. The van der Waals surface area contributed by atoms with Gasteiger partial charge in [0.25, 0.3) is 0 Å². The van der Waals surface area contributed by atoms with Gasteiger partial charge in [0, 0.05) is 27.4 Å². The van der Waals surface area contributed by atoms with E-state index in [1.807, 2.05) is 37.3 Å². The highest BCUT2D eigenvalue weighted by molar-refractivity contribution is 7.15. The molecule has 4 N–H and O–H groups in total. The summed E-state index contributed by atoms with van der Waals surface area (Å²) in [5, 5.41) is 18.9. The summed E-state index contributed by atoms with van der Waals surface area (Å²) in [6.07, 6.45) is 3.85. The van der Waals surface area contributed by atoms with E-state index in [0.717, 1.165) is 26.3 Å². The molecule has 8 nitrogen and oxygen atoms in total. The number of hydrogen-bond donors (Lipinski definition) is 3. The Labute approximate surface area is 221 Å². The Hall–Kier alpha value is -3.92. The molecule has 188 valence electrons. The SMILES string of the molecule is Cc1noc(C)c1C(O)c1ccc(-c2cc(Cl)c3oc(CNC(=O)/C=C/c4ccc(N)nc4)cc3c2)s1. The minimum absolute atomic E-state index is 0.205. The minimum atomic E-state index is -0.821. The second kappa shape index (κ2) is 10.2. The number of nitrogens with two attached hydrogens (primary N) is 1. The van der Waals surface area contributed by atoms with Gasteiger partial charge >= 0.3 is 0 Å². The zero-order chi connectivity index (χ0) is 26.1. The number of nitrogens with zero attached hydrogens (tertiary/aromatic N) is 2. The molecule has 4 heterocycles. The maximum atomic E-state index is 12.2. The molecule has 37 heavy (non-hydrogen) atoms. The summed E-state index contributed by atoms with van der Waals surface area (Å²) in [4.78, 5) is 17.9.